The molecule has 0 saturated carbocycles. The average molecular weight is 394 g/mol. The Kier molecular flexibility index (Phi) is 6.06. The van der Waals surface area contributed by atoms with Crippen LogP contribution in [0.15, 0.2) is 42.6 Å². The summed E-state index contributed by atoms with van der Waals surface area (Å²) in [4.78, 5) is 17.8. The highest BCUT2D eigenvalue weighted by Gasteiger charge is 2.34. The van der Waals surface area contributed by atoms with E-state index in [2.05, 4.69) is 11.9 Å². The van der Waals surface area contributed by atoms with Crippen LogP contribution in [-0.4, -0.2) is 41.6 Å². The lowest BCUT2D eigenvalue weighted by Gasteiger charge is -2.38. The van der Waals surface area contributed by atoms with Gasteiger partial charge in [-0.15, -0.1) is 0 Å². The predicted molar refractivity (Wildman–Crippen MR) is 96.4 cm³/mol. The third-order valence-electron chi connectivity index (χ3n) is 4.35. The highest BCUT2D eigenvalue weighted by molar-refractivity contribution is 5.94. The number of hydrogen-bond acceptors (Lipinski definition) is 4. The van der Waals surface area contributed by atoms with Gasteiger partial charge in [0.05, 0.1) is 25.3 Å². The van der Waals surface area contributed by atoms with E-state index in [1.54, 1.807) is 29.2 Å². The Bertz CT molecular complexity index is 803. The van der Waals surface area contributed by atoms with Crippen molar-refractivity contribution in [2.24, 2.45) is 0 Å². The first-order chi connectivity index (χ1) is 13.4. The zero-order chi connectivity index (χ0) is 20.1. The van der Waals surface area contributed by atoms with Crippen molar-refractivity contribution in [2.75, 3.05) is 19.7 Å². The standard InChI is InChI=1S/C20H21F3N2O3/c1-2-3-10-27-16-6-4-14(5-7-16)19(26)25-12-17(13-25)28-18-11-15(8-9-24-18)20(21,22)23/h4-9,11,17H,2-3,10,12-13H2,1H3. The Morgan fingerprint density at radius 2 is 1.93 bits per heavy atom. The lowest BCUT2D eigenvalue weighted by molar-refractivity contribution is -0.137. The predicted octanol–water partition coefficient (Wildman–Crippen LogP) is 4.18. The van der Waals surface area contributed by atoms with Gasteiger partial charge in [0, 0.05) is 17.8 Å². The van der Waals surface area contributed by atoms with Crippen LogP contribution in [0.2, 0.25) is 0 Å². The molecule has 2 aromatic rings. The van der Waals surface area contributed by atoms with Gasteiger partial charge in [-0.25, -0.2) is 4.98 Å². The molecule has 1 aromatic heterocycles. The van der Waals surface area contributed by atoms with E-state index in [-0.39, 0.29) is 17.9 Å². The largest absolute Gasteiger partial charge is 0.494 e. The zero-order valence-electron chi connectivity index (χ0n) is 15.4. The van der Waals surface area contributed by atoms with Gasteiger partial charge in [0.1, 0.15) is 11.9 Å². The molecule has 1 fully saturated rings. The second-order valence-corrected chi connectivity index (χ2v) is 6.56. The minimum absolute atomic E-state index is 0.0968. The fraction of sp³-hybridized carbons (Fsp3) is 0.400. The molecule has 0 N–H and O–H groups in total. The van der Waals surface area contributed by atoms with Crippen molar-refractivity contribution in [3.05, 3.63) is 53.7 Å². The van der Waals surface area contributed by atoms with Crippen molar-refractivity contribution in [3.63, 3.8) is 0 Å². The number of likely N-dealkylation sites (tertiary alicyclic amines) is 1. The van der Waals surface area contributed by atoms with Crippen LogP contribution in [0.1, 0.15) is 35.7 Å². The van der Waals surface area contributed by atoms with E-state index in [9.17, 15) is 18.0 Å². The number of hydrogen-bond donors (Lipinski definition) is 0. The highest BCUT2D eigenvalue weighted by atomic mass is 19.4. The summed E-state index contributed by atoms with van der Waals surface area (Å²) >= 11 is 0. The second-order valence-electron chi connectivity index (χ2n) is 6.56. The molecule has 3 rings (SSSR count). The molecular formula is C20H21F3N2O3. The summed E-state index contributed by atoms with van der Waals surface area (Å²) in [5.41, 5.74) is -0.288. The molecule has 0 radical (unpaired) electrons. The summed E-state index contributed by atoms with van der Waals surface area (Å²) in [7, 11) is 0. The number of halogens is 3. The Morgan fingerprint density at radius 1 is 1.21 bits per heavy atom. The van der Waals surface area contributed by atoms with Crippen LogP contribution in [0.3, 0.4) is 0 Å². The number of unbranched alkanes of at least 4 members (excludes halogenated alkanes) is 1. The lowest BCUT2D eigenvalue weighted by Crippen LogP contribution is -2.56. The number of benzene rings is 1. The summed E-state index contributed by atoms with van der Waals surface area (Å²) < 4.78 is 49.2. The summed E-state index contributed by atoms with van der Waals surface area (Å²) in [5, 5.41) is 0. The van der Waals surface area contributed by atoms with Gasteiger partial charge in [0.2, 0.25) is 5.88 Å². The number of pyridine rings is 1. The Labute approximate surface area is 161 Å². The number of alkyl halides is 3. The number of aromatic nitrogens is 1. The molecule has 1 aliphatic rings. The number of carbonyl (C=O) groups excluding carboxylic acids is 1. The average Bonchev–Trinajstić information content (AvgIpc) is 2.64. The molecule has 5 nitrogen and oxygen atoms in total. The first-order valence-electron chi connectivity index (χ1n) is 9.09. The number of rotatable bonds is 7. The quantitative estimate of drug-likeness (QED) is 0.661. The Balaban J connectivity index is 1.50. The Morgan fingerprint density at radius 3 is 2.57 bits per heavy atom. The SMILES string of the molecule is CCCCOc1ccc(C(=O)N2CC(Oc3cc(C(F)(F)F)ccn3)C2)cc1. The number of ether oxygens (including phenoxy) is 2. The van der Waals surface area contributed by atoms with Crippen LogP contribution in [0.4, 0.5) is 13.2 Å². The summed E-state index contributed by atoms with van der Waals surface area (Å²) in [5.74, 6) is 0.461. The molecule has 1 aromatic carbocycles. The van der Waals surface area contributed by atoms with Crippen molar-refractivity contribution in [1.82, 2.24) is 9.88 Å². The maximum atomic E-state index is 12.7. The maximum absolute atomic E-state index is 12.7. The molecule has 2 heterocycles. The fourth-order valence-electron chi connectivity index (χ4n) is 2.71. The zero-order valence-corrected chi connectivity index (χ0v) is 15.4. The van der Waals surface area contributed by atoms with Crippen molar-refractivity contribution in [1.29, 1.82) is 0 Å². The van der Waals surface area contributed by atoms with Gasteiger partial charge in [-0.1, -0.05) is 13.3 Å². The van der Waals surface area contributed by atoms with E-state index >= 15 is 0 Å². The van der Waals surface area contributed by atoms with E-state index in [0.29, 0.717) is 31.0 Å². The third kappa shape index (κ3) is 4.94. The minimum Gasteiger partial charge on any atom is -0.494 e. The minimum atomic E-state index is -4.45. The summed E-state index contributed by atoms with van der Waals surface area (Å²) in [6.07, 6.45) is -1.75. The number of amides is 1. The third-order valence-corrected chi connectivity index (χ3v) is 4.35. The molecule has 1 amide bonds. The normalized spacial score (nSPS) is 14.5. The molecule has 0 spiro atoms. The van der Waals surface area contributed by atoms with E-state index in [0.717, 1.165) is 31.2 Å². The van der Waals surface area contributed by atoms with Gasteiger partial charge in [-0.2, -0.15) is 13.2 Å². The van der Waals surface area contributed by atoms with Crippen LogP contribution in [-0.2, 0) is 6.18 Å². The van der Waals surface area contributed by atoms with Crippen LogP contribution in [0.25, 0.3) is 0 Å². The molecule has 0 atom stereocenters. The van der Waals surface area contributed by atoms with E-state index in [4.69, 9.17) is 9.47 Å². The summed E-state index contributed by atoms with van der Waals surface area (Å²) in [6.45, 7) is 3.31. The molecule has 8 heteroatoms. The van der Waals surface area contributed by atoms with Gasteiger partial charge in [0.15, 0.2) is 0 Å². The first kappa shape index (κ1) is 20.0. The van der Waals surface area contributed by atoms with Gasteiger partial charge in [-0.3, -0.25) is 4.79 Å². The van der Waals surface area contributed by atoms with Gasteiger partial charge < -0.3 is 14.4 Å². The van der Waals surface area contributed by atoms with Crippen molar-refractivity contribution in [2.45, 2.75) is 32.0 Å². The van der Waals surface area contributed by atoms with Crippen molar-refractivity contribution in [3.8, 4) is 11.6 Å². The second kappa shape index (κ2) is 8.50. The first-order valence-corrected chi connectivity index (χ1v) is 9.09. The smallest absolute Gasteiger partial charge is 0.416 e. The molecule has 0 bridgehead atoms. The van der Waals surface area contributed by atoms with Crippen LogP contribution >= 0.6 is 0 Å². The molecule has 150 valence electrons. The molecule has 1 saturated heterocycles. The van der Waals surface area contributed by atoms with E-state index in [1.807, 2.05) is 0 Å². The lowest BCUT2D eigenvalue weighted by atomic mass is 10.1. The van der Waals surface area contributed by atoms with Crippen LogP contribution in [0.5, 0.6) is 11.6 Å². The summed E-state index contributed by atoms with van der Waals surface area (Å²) in [6, 6.07) is 8.66. The van der Waals surface area contributed by atoms with Crippen LogP contribution in [0, 0.1) is 0 Å². The molecule has 0 unspecified atom stereocenters. The monoisotopic (exact) mass is 394 g/mol. The van der Waals surface area contributed by atoms with Gasteiger partial charge in [0.25, 0.3) is 5.91 Å². The fourth-order valence-corrected chi connectivity index (χ4v) is 2.71. The van der Waals surface area contributed by atoms with Crippen molar-refractivity contribution < 1.29 is 27.4 Å². The highest BCUT2D eigenvalue weighted by Crippen LogP contribution is 2.31. The van der Waals surface area contributed by atoms with Crippen LogP contribution < -0.4 is 9.47 Å². The molecular weight excluding hydrogens is 373 g/mol. The van der Waals surface area contributed by atoms with Gasteiger partial charge >= 0.3 is 6.18 Å². The molecule has 28 heavy (non-hydrogen) atoms. The molecule has 1 aliphatic heterocycles. The van der Waals surface area contributed by atoms with E-state index in [1.165, 1.54) is 0 Å². The van der Waals surface area contributed by atoms with Crippen molar-refractivity contribution >= 4 is 5.91 Å². The maximum Gasteiger partial charge on any atom is 0.416 e. The molecule has 0 aliphatic carbocycles. The number of carbonyl (C=O) groups is 1. The van der Waals surface area contributed by atoms with E-state index < -0.39 is 11.7 Å². The van der Waals surface area contributed by atoms with Gasteiger partial charge in [-0.05, 0) is 36.8 Å². The number of nitrogens with zero attached hydrogens (tertiary/aromatic N) is 2. The Hall–Kier alpha value is -2.77. The topological polar surface area (TPSA) is 51.7 Å².